The lowest BCUT2D eigenvalue weighted by atomic mass is 9.85. The summed E-state index contributed by atoms with van der Waals surface area (Å²) < 4.78 is 0. The molecule has 1 aliphatic rings. The molecule has 1 aliphatic heterocycles. The van der Waals surface area contributed by atoms with Gasteiger partial charge in [-0.05, 0) is 23.0 Å². The van der Waals surface area contributed by atoms with E-state index >= 15 is 0 Å². The third-order valence-corrected chi connectivity index (χ3v) is 4.34. The lowest BCUT2D eigenvalue weighted by Gasteiger charge is -2.27. The average molecular weight is 310 g/mol. The lowest BCUT2D eigenvalue weighted by molar-refractivity contribution is -0.117. The molecule has 1 unspecified atom stereocenters. The zero-order valence-electron chi connectivity index (χ0n) is 11.2. The minimum Gasteiger partial charge on any atom is -0.312 e. The monoisotopic (exact) mass is 309 g/mol. The predicted octanol–water partition coefficient (Wildman–Crippen LogP) is 3.73. The fraction of sp³-hybridized carbons (Fsp3) is 0.533. The molecule has 1 saturated heterocycles. The minimum absolute atomic E-state index is 0.0589. The van der Waals surface area contributed by atoms with Gasteiger partial charge in [0.05, 0.1) is 0 Å². The van der Waals surface area contributed by atoms with Gasteiger partial charge in [-0.3, -0.25) is 4.79 Å². The molecule has 1 heterocycles. The van der Waals surface area contributed by atoms with E-state index in [1.165, 1.54) is 5.56 Å². The van der Waals surface area contributed by atoms with Crippen molar-refractivity contribution in [2.75, 3.05) is 16.8 Å². The Labute approximate surface area is 117 Å². The van der Waals surface area contributed by atoms with Gasteiger partial charge in [0.15, 0.2) is 0 Å². The van der Waals surface area contributed by atoms with Crippen molar-refractivity contribution in [1.82, 2.24) is 0 Å². The molecule has 3 heteroatoms. The minimum atomic E-state index is 0.0589. The molecule has 1 atom stereocenters. The number of nitrogens with zero attached hydrogens (tertiary/aromatic N) is 1. The zero-order valence-corrected chi connectivity index (χ0v) is 12.8. The summed E-state index contributed by atoms with van der Waals surface area (Å²) in [5.41, 5.74) is 2.38. The van der Waals surface area contributed by atoms with Gasteiger partial charge in [0.1, 0.15) is 0 Å². The van der Waals surface area contributed by atoms with Gasteiger partial charge in [0.25, 0.3) is 0 Å². The van der Waals surface area contributed by atoms with Crippen LogP contribution in [-0.4, -0.2) is 17.8 Å². The van der Waals surface area contributed by atoms with Crippen molar-refractivity contribution < 1.29 is 4.79 Å². The Balaban J connectivity index is 2.37. The quantitative estimate of drug-likeness (QED) is 0.762. The number of carbonyl (C=O) groups excluding carboxylic acids is 1. The maximum absolute atomic E-state index is 12.1. The fourth-order valence-corrected chi connectivity index (χ4v) is 2.89. The van der Waals surface area contributed by atoms with Crippen molar-refractivity contribution in [3.05, 3.63) is 29.8 Å². The normalized spacial score (nSPS) is 20.6. The van der Waals surface area contributed by atoms with Crippen LogP contribution in [0.3, 0.4) is 0 Å². The van der Waals surface area contributed by atoms with Crippen LogP contribution in [0.25, 0.3) is 0 Å². The van der Waals surface area contributed by atoms with Crippen molar-refractivity contribution in [2.24, 2.45) is 5.92 Å². The summed E-state index contributed by atoms with van der Waals surface area (Å²) in [6.07, 6.45) is 0.656. The first-order chi connectivity index (χ1) is 8.43. The first kappa shape index (κ1) is 13.6. The number of rotatable bonds is 2. The summed E-state index contributed by atoms with van der Waals surface area (Å²) in [5, 5.41) is 0.896. The van der Waals surface area contributed by atoms with Crippen LogP contribution in [0.15, 0.2) is 24.3 Å². The lowest BCUT2D eigenvalue weighted by Crippen LogP contribution is -2.28. The van der Waals surface area contributed by atoms with Gasteiger partial charge in [-0.15, -0.1) is 0 Å². The smallest absolute Gasteiger partial charge is 0.227 e. The molecule has 98 valence electrons. The second-order valence-corrected chi connectivity index (χ2v) is 6.64. The largest absolute Gasteiger partial charge is 0.312 e. The summed E-state index contributed by atoms with van der Waals surface area (Å²) in [7, 11) is 0. The fourth-order valence-electron chi connectivity index (χ4n) is 2.46. The standard InChI is InChI=1S/C15H20BrNO/c1-15(2,3)12-6-4-5-7-13(12)17-10-11(9-16)8-14(17)18/h4-7,11H,8-10H2,1-3H3. The van der Waals surface area contributed by atoms with Gasteiger partial charge in [-0.1, -0.05) is 54.9 Å². The molecule has 1 fully saturated rings. The molecule has 1 aromatic rings. The van der Waals surface area contributed by atoms with Crippen LogP contribution in [0.5, 0.6) is 0 Å². The summed E-state index contributed by atoms with van der Waals surface area (Å²) in [4.78, 5) is 14.1. The van der Waals surface area contributed by atoms with E-state index in [9.17, 15) is 4.79 Å². The molecule has 0 N–H and O–H groups in total. The second kappa shape index (κ2) is 5.04. The topological polar surface area (TPSA) is 20.3 Å². The highest BCUT2D eigenvalue weighted by Crippen LogP contribution is 2.35. The molecule has 1 aromatic carbocycles. The molecule has 0 spiro atoms. The summed E-state index contributed by atoms with van der Waals surface area (Å²) in [5.74, 6) is 0.682. The number of carbonyl (C=O) groups is 1. The molecule has 0 bridgehead atoms. The Kier molecular flexibility index (Phi) is 3.81. The molecule has 1 amide bonds. The Morgan fingerprint density at radius 3 is 2.56 bits per heavy atom. The highest BCUT2D eigenvalue weighted by Gasteiger charge is 2.32. The van der Waals surface area contributed by atoms with E-state index < -0.39 is 0 Å². The molecule has 0 aromatic heterocycles. The average Bonchev–Trinajstić information content (AvgIpc) is 2.69. The maximum Gasteiger partial charge on any atom is 0.227 e. The van der Waals surface area contributed by atoms with E-state index in [0.29, 0.717) is 12.3 Å². The van der Waals surface area contributed by atoms with E-state index in [2.05, 4.69) is 48.8 Å². The van der Waals surface area contributed by atoms with E-state index in [4.69, 9.17) is 0 Å². The number of halogens is 1. The Hall–Kier alpha value is -0.830. The van der Waals surface area contributed by atoms with Gasteiger partial charge in [-0.25, -0.2) is 0 Å². The molecule has 2 rings (SSSR count). The van der Waals surface area contributed by atoms with E-state index in [0.717, 1.165) is 17.6 Å². The van der Waals surface area contributed by atoms with Crippen LogP contribution in [0.4, 0.5) is 5.69 Å². The molecule has 18 heavy (non-hydrogen) atoms. The Bertz CT molecular complexity index is 450. The number of para-hydroxylation sites is 1. The van der Waals surface area contributed by atoms with Crippen LogP contribution in [-0.2, 0) is 10.2 Å². The maximum atomic E-state index is 12.1. The van der Waals surface area contributed by atoms with Gasteiger partial charge in [0.2, 0.25) is 5.91 Å². The summed E-state index contributed by atoms with van der Waals surface area (Å²) >= 11 is 3.48. The van der Waals surface area contributed by atoms with Crippen molar-refractivity contribution in [3.8, 4) is 0 Å². The second-order valence-electron chi connectivity index (χ2n) is 6.00. The zero-order chi connectivity index (χ0) is 13.3. The summed E-state index contributed by atoms with van der Waals surface area (Å²) in [6, 6.07) is 8.26. The van der Waals surface area contributed by atoms with Gasteiger partial charge in [0, 0.05) is 24.0 Å². The highest BCUT2D eigenvalue weighted by atomic mass is 79.9. The number of benzene rings is 1. The third kappa shape index (κ3) is 2.61. The van der Waals surface area contributed by atoms with Crippen LogP contribution < -0.4 is 4.90 Å². The third-order valence-electron chi connectivity index (χ3n) is 3.43. The Morgan fingerprint density at radius 1 is 1.33 bits per heavy atom. The van der Waals surface area contributed by atoms with Gasteiger partial charge >= 0.3 is 0 Å². The molecular weight excluding hydrogens is 290 g/mol. The van der Waals surface area contributed by atoms with E-state index in [-0.39, 0.29) is 11.3 Å². The first-order valence-electron chi connectivity index (χ1n) is 6.39. The van der Waals surface area contributed by atoms with Crippen molar-refractivity contribution in [2.45, 2.75) is 32.6 Å². The van der Waals surface area contributed by atoms with Crippen LogP contribution >= 0.6 is 15.9 Å². The van der Waals surface area contributed by atoms with Crippen molar-refractivity contribution in [3.63, 3.8) is 0 Å². The van der Waals surface area contributed by atoms with Crippen molar-refractivity contribution >= 4 is 27.5 Å². The SMILES string of the molecule is CC(C)(C)c1ccccc1N1CC(CBr)CC1=O. The molecule has 2 nitrogen and oxygen atoms in total. The number of alkyl halides is 1. The number of hydrogen-bond acceptors (Lipinski definition) is 1. The molecule has 0 aliphatic carbocycles. The van der Waals surface area contributed by atoms with Crippen LogP contribution in [0.2, 0.25) is 0 Å². The Morgan fingerprint density at radius 2 is 2.00 bits per heavy atom. The molecule has 0 saturated carbocycles. The first-order valence-corrected chi connectivity index (χ1v) is 7.51. The van der Waals surface area contributed by atoms with Gasteiger partial charge in [-0.2, -0.15) is 0 Å². The molecular formula is C15H20BrNO. The van der Waals surface area contributed by atoms with Gasteiger partial charge < -0.3 is 4.90 Å². The predicted molar refractivity (Wildman–Crippen MR) is 79.4 cm³/mol. The number of hydrogen-bond donors (Lipinski definition) is 0. The van der Waals surface area contributed by atoms with Crippen LogP contribution in [0.1, 0.15) is 32.8 Å². The van der Waals surface area contributed by atoms with E-state index in [1.807, 2.05) is 17.0 Å². The van der Waals surface area contributed by atoms with E-state index in [1.54, 1.807) is 0 Å². The summed E-state index contributed by atoms with van der Waals surface area (Å²) in [6.45, 7) is 7.40. The number of anilines is 1. The number of amides is 1. The van der Waals surface area contributed by atoms with Crippen LogP contribution in [0, 0.1) is 5.92 Å². The molecule has 0 radical (unpaired) electrons. The van der Waals surface area contributed by atoms with Crippen molar-refractivity contribution in [1.29, 1.82) is 0 Å². The highest BCUT2D eigenvalue weighted by molar-refractivity contribution is 9.09.